The van der Waals surface area contributed by atoms with Crippen LogP contribution < -0.4 is 5.32 Å². The van der Waals surface area contributed by atoms with Gasteiger partial charge >= 0.3 is 0 Å². The van der Waals surface area contributed by atoms with Crippen molar-refractivity contribution >= 4 is 12.6 Å². The molecule has 1 heterocycles. The lowest BCUT2D eigenvalue weighted by atomic mass is 10.3. The van der Waals surface area contributed by atoms with Crippen molar-refractivity contribution in [1.82, 2.24) is 10.2 Å². The minimum absolute atomic E-state index is 0.0297. The Labute approximate surface area is 66.8 Å². The summed E-state index contributed by atoms with van der Waals surface area (Å²) >= 11 is 4.22. The molecule has 60 valence electrons. The smallest absolute Gasteiger partial charge is 0.0763 e. The van der Waals surface area contributed by atoms with Gasteiger partial charge in [-0.25, -0.2) is 0 Å². The molecule has 0 amide bonds. The van der Waals surface area contributed by atoms with Gasteiger partial charge in [-0.05, 0) is 0 Å². The van der Waals surface area contributed by atoms with Crippen LogP contribution in [0, 0.1) is 0 Å². The Bertz CT molecular complexity index is 95.7. The summed E-state index contributed by atoms with van der Waals surface area (Å²) in [5, 5.41) is 12.0. The maximum Gasteiger partial charge on any atom is 0.0763 e. The third-order valence-electron chi connectivity index (χ3n) is 1.74. The summed E-state index contributed by atoms with van der Waals surface area (Å²) in [4.78, 5) is 2.17. The number of thiol groups is 1. The van der Waals surface area contributed by atoms with Gasteiger partial charge in [0.05, 0.1) is 12.0 Å². The lowest BCUT2D eigenvalue weighted by Gasteiger charge is -2.30. The van der Waals surface area contributed by atoms with E-state index >= 15 is 0 Å². The number of rotatable bonds is 2. The van der Waals surface area contributed by atoms with Crippen LogP contribution in [0.2, 0.25) is 0 Å². The predicted molar refractivity (Wildman–Crippen MR) is 44.3 cm³/mol. The van der Waals surface area contributed by atoms with E-state index in [1.807, 2.05) is 0 Å². The van der Waals surface area contributed by atoms with Gasteiger partial charge in [0.25, 0.3) is 0 Å². The first-order valence-electron chi connectivity index (χ1n) is 3.58. The maximum atomic E-state index is 8.75. The third kappa shape index (κ3) is 2.12. The molecule has 1 unspecified atom stereocenters. The molecule has 1 aliphatic rings. The molecule has 0 saturated carbocycles. The van der Waals surface area contributed by atoms with Gasteiger partial charge in [-0.15, -0.1) is 0 Å². The highest BCUT2D eigenvalue weighted by Gasteiger charge is 2.15. The lowest BCUT2D eigenvalue weighted by molar-refractivity contribution is 0.162. The zero-order valence-electron chi connectivity index (χ0n) is 5.95. The minimum atomic E-state index is 0.0297. The lowest BCUT2D eigenvalue weighted by Crippen LogP contribution is -2.47. The van der Waals surface area contributed by atoms with Crippen LogP contribution in [0.1, 0.15) is 0 Å². The van der Waals surface area contributed by atoms with E-state index in [9.17, 15) is 0 Å². The van der Waals surface area contributed by atoms with Gasteiger partial charge in [0, 0.05) is 26.2 Å². The number of hydrogen-bond acceptors (Lipinski definition) is 4. The molecule has 2 N–H and O–H groups in total. The van der Waals surface area contributed by atoms with Crippen LogP contribution >= 0.6 is 12.6 Å². The van der Waals surface area contributed by atoms with E-state index in [0.29, 0.717) is 0 Å². The van der Waals surface area contributed by atoms with Crippen LogP contribution in [0.5, 0.6) is 0 Å². The maximum absolute atomic E-state index is 8.75. The van der Waals surface area contributed by atoms with E-state index in [2.05, 4.69) is 22.8 Å². The van der Waals surface area contributed by atoms with Crippen LogP contribution in [-0.4, -0.2) is 48.2 Å². The second-order valence-electron chi connectivity index (χ2n) is 2.45. The van der Waals surface area contributed by atoms with Gasteiger partial charge in [-0.2, -0.15) is 12.6 Å². The van der Waals surface area contributed by atoms with Crippen LogP contribution in [-0.2, 0) is 0 Å². The molecule has 1 aliphatic heterocycles. The number of nitrogens with one attached hydrogen (secondary N) is 1. The van der Waals surface area contributed by atoms with Gasteiger partial charge in [0.1, 0.15) is 0 Å². The Balaban J connectivity index is 2.24. The van der Waals surface area contributed by atoms with E-state index in [0.717, 1.165) is 26.2 Å². The molecule has 0 radical (unpaired) electrons. The summed E-state index contributed by atoms with van der Waals surface area (Å²) in [6.45, 7) is 4.15. The molecule has 0 spiro atoms. The monoisotopic (exact) mass is 162 g/mol. The molecule has 0 aromatic rings. The van der Waals surface area contributed by atoms with Crippen molar-refractivity contribution in [3.63, 3.8) is 0 Å². The standard InChI is InChI=1S/C6H14N2OS/c9-5-6(10)8-3-1-7-2-4-8/h6-7,9-10H,1-5H2. The van der Waals surface area contributed by atoms with Crippen molar-refractivity contribution in [2.75, 3.05) is 32.8 Å². The molecule has 0 aliphatic carbocycles. The first-order valence-corrected chi connectivity index (χ1v) is 4.10. The second-order valence-corrected chi connectivity index (χ2v) is 3.05. The Morgan fingerprint density at radius 2 is 2.10 bits per heavy atom. The molecule has 4 heteroatoms. The Kier molecular flexibility index (Phi) is 3.48. The molecule has 3 nitrogen and oxygen atoms in total. The van der Waals surface area contributed by atoms with E-state index < -0.39 is 0 Å². The van der Waals surface area contributed by atoms with Crippen molar-refractivity contribution in [2.45, 2.75) is 5.37 Å². The minimum Gasteiger partial charge on any atom is -0.394 e. The van der Waals surface area contributed by atoms with Crippen molar-refractivity contribution in [1.29, 1.82) is 0 Å². The van der Waals surface area contributed by atoms with Crippen LogP contribution in [0.25, 0.3) is 0 Å². The summed E-state index contributed by atoms with van der Waals surface area (Å²) in [6.07, 6.45) is 0. The van der Waals surface area contributed by atoms with E-state index in [4.69, 9.17) is 5.11 Å². The molecule has 1 rings (SSSR count). The van der Waals surface area contributed by atoms with E-state index in [1.165, 1.54) is 0 Å². The molecule has 0 aromatic heterocycles. The number of hydrogen-bond donors (Lipinski definition) is 3. The second kappa shape index (κ2) is 4.18. The fraction of sp³-hybridized carbons (Fsp3) is 1.00. The number of nitrogens with zero attached hydrogens (tertiary/aromatic N) is 1. The van der Waals surface area contributed by atoms with E-state index in [-0.39, 0.29) is 12.0 Å². The summed E-state index contributed by atoms with van der Waals surface area (Å²) in [5.74, 6) is 0. The van der Waals surface area contributed by atoms with Gasteiger partial charge in [-0.1, -0.05) is 0 Å². The molecular weight excluding hydrogens is 148 g/mol. The van der Waals surface area contributed by atoms with Gasteiger partial charge in [0.2, 0.25) is 0 Å². The number of aliphatic hydroxyl groups is 1. The van der Waals surface area contributed by atoms with Gasteiger partial charge < -0.3 is 10.4 Å². The largest absolute Gasteiger partial charge is 0.394 e. The van der Waals surface area contributed by atoms with Crippen molar-refractivity contribution in [2.24, 2.45) is 0 Å². The predicted octanol–water partition coefficient (Wildman–Crippen LogP) is -0.860. The molecule has 10 heavy (non-hydrogen) atoms. The average molecular weight is 162 g/mol. The fourth-order valence-electron chi connectivity index (χ4n) is 1.10. The third-order valence-corrected chi connectivity index (χ3v) is 2.23. The highest BCUT2D eigenvalue weighted by Crippen LogP contribution is 2.03. The SMILES string of the molecule is OCC(S)N1CCNCC1. The summed E-state index contributed by atoms with van der Waals surface area (Å²) < 4.78 is 0. The Hall–Kier alpha value is 0.230. The topological polar surface area (TPSA) is 35.5 Å². The first-order chi connectivity index (χ1) is 4.84. The molecule has 0 aromatic carbocycles. The van der Waals surface area contributed by atoms with Crippen LogP contribution in [0.15, 0.2) is 0 Å². The zero-order chi connectivity index (χ0) is 7.40. The molecule has 1 fully saturated rings. The molecular formula is C6H14N2OS. The van der Waals surface area contributed by atoms with Gasteiger partial charge in [0.15, 0.2) is 0 Å². The van der Waals surface area contributed by atoms with Crippen molar-refractivity contribution < 1.29 is 5.11 Å². The number of aliphatic hydroxyl groups excluding tert-OH is 1. The van der Waals surface area contributed by atoms with Crippen LogP contribution in [0.4, 0.5) is 0 Å². The average Bonchev–Trinajstić information content (AvgIpc) is 2.05. The van der Waals surface area contributed by atoms with Crippen molar-refractivity contribution in [3.8, 4) is 0 Å². The van der Waals surface area contributed by atoms with E-state index in [1.54, 1.807) is 0 Å². The zero-order valence-corrected chi connectivity index (χ0v) is 6.85. The quantitative estimate of drug-likeness (QED) is 0.462. The van der Waals surface area contributed by atoms with Crippen molar-refractivity contribution in [3.05, 3.63) is 0 Å². The molecule has 1 atom stereocenters. The van der Waals surface area contributed by atoms with Gasteiger partial charge in [-0.3, -0.25) is 4.90 Å². The number of piperazine rings is 1. The Morgan fingerprint density at radius 1 is 1.50 bits per heavy atom. The Morgan fingerprint density at radius 3 is 2.60 bits per heavy atom. The normalized spacial score (nSPS) is 24.6. The molecule has 0 bridgehead atoms. The fourth-order valence-corrected chi connectivity index (χ4v) is 1.33. The summed E-state index contributed by atoms with van der Waals surface area (Å²) in [6, 6.07) is 0. The summed E-state index contributed by atoms with van der Waals surface area (Å²) in [7, 11) is 0. The summed E-state index contributed by atoms with van der Waals surface area (Å²) in [5.41, 5.74) is 0. The highest BCUT2D eigenvalue weighted by atomic mass is 32.1. The van der Waals surface area contributed by atoms with Crippen LogP contribution in [0.3, 0.4) is 0 Å². The molecule has 1 saturated heterocycles. The first kappa shape index (κ1) is 8.33. The highest BCUT2D eigenvalue weighted by molar-refractivity contribution is 7.80.